The monoisotopic (exact) mass is 632 g/mol. The molecule has 14 heteroatoms. The minimum atomic E-state index is -0.433. The van der Waals surface area contributed by atoms with Gasteiger partial charge in [-0.1, -0.05) is 37.0 Å². The SMILES string of the molecule is CC(C)CN(CC(=O)Nc1nc(CC(=O)N2CCN(c3ccc([N+](=O)[O-])cc3)CC2)cs1)C(=O)c1ccc(Cl)cc1Cl. The maximum atomic E-state index is 13.2. The summed E-state index contributed by atoms with van der Waals surface area (Å²) in [6, 6.07) is 11.0. The molecule has 0 aliphatic carbocycles. The quantitative estimate of drug-likeness (QED) is 0.246. The molecule has 0 atom stereocenters. The van der Waals surface area contributed by atoms with Crippen molar-refractivity contribution < 1.29 is 19.3 Å². The Morgan fingerprint density at radius 3 is 2.40 bits per heavy atom. The highest BCUT2D eigenvalue weighted by atomic mass is 35.5. The van der Waals surface area contributed by atoms with Gasteiger partial charge in [0.2, 0.25) is 11.8 Å². The Bertz CT molecular complexity index is 1460. The number of anilines is 2. The number of aromatic nitrogens is 1. The average Bonchev–Trinajstić information content (AvgIpc) is 3.38. The van der Waals surface area contributed by atoms with Crippen LogP contribution in [0.25, 0.3) is 0 Å². The lowest BCUT2D eigenvalue weighted by molar-refractivity contribution is -0.384. The number of rotatable bonds is 10. The van der Waals surface area contributed by atoms with Gasteiger partial charge < -0.3 is 20.0 Å². The number of nitro groups is 1. The van der Waals surface area contributed by atoms with Crippen LogP contribution in [-0.4, -0.2) is 76.7 Å². The first-order valence-electron chi connectivity index (χ1n) is 13.3. The van der Waals surface area contributed by atoms with Crippen molar-refractivity contribution in [2.75, 3.05) is 49.5 Å². The number of nitrogens with zero attached hydrogens (tertiary/aromatic N) is 5. The van der Waals surface area contributed by atoms with E-state index >= 15 is 0 Å². The van der Waals surface area contributed by atoms with Crippen molar-refractivity contribution in [2.45, 2.75) is 20.3 Å². The largest absolute Gasteiger partial charge is 0.368 e. The molecule has 0 bridgehead atoms. The van der Waals surface area contributed by atoms with Crippen LogP contribution in [0, 0.1) is 16.0 Å². The molecule has 42 heavy (non-hydrogen) atoms. The standard InChI is InChI=1S/C28H30Cl2N6O5S/c1-18(2)15-35(27(39)23-8-3-19(29)13-24(23)30)16-25(37)32-28-31-20(17-42-28)14-26(38)34-11-9-33(10-12-34)21-4-6-22(7-5-21)36(40)41/h3-8,13,17-18H,9-12,14-16H2,1-2H3,(H,31,32,37). The second-order valence-corrected chi connectivity index (χ2v) is 11.9. The van der Waals surface area contributed by atoms with Gasteiger partial charge in [-0.3, -0.25) is 24.5 Å². The van der Waals surface area contributed by atoms with E-state index in [4.69, 9.17) is 23.2 Å². The highest BCUT2D eigenvalue weighted by Gasteiger charge is 2.24. The van der Waals surface area contributed by atoms with Gasteiger partial charge in [-0.05, 0) is 36.2 Å². The molecular weight excluding hydrogens is 603 g/mol. The molecule has 0 radical (unpaired) electrons. The predicted molar refractivity (Wildman–Crippen MR) is 164 cm³/mol. The normalized spacial score (nSPS) is 13.3. The highest BCUT2D eigenvalue weighted by molar-refractivity contribution is 7.13. The zero-order valence-electron chi connectivity index (χ0n) is 23.1. The summed E-state index contributed by atoms with van der Waals surface area (Å²) in [5.41, 5.74) is 1.72. The van der Waals surface area contributed by atoms with E-state index in [1.807, 2.05) is 13.8 Å². The molecule has 2 heterocycles. The molecule has 3 amide bonds. The lowest BCUT2D eigenvalue weighted by Crippen LogP contribution is -2.49. The molecule has 0 spiro atoms. The second-order valence-electron chi connectivity index (χ2n) is 10.2. The molecule has 2 aromatic carbocycles. The molecule has 3 aromatic rings. The summed E-state index contributed by atoms with van der Waals surface area (Å²) < 4.78 is 0. The van der Waals surface area contributed by atoms with Crippen molar-refractivity contribution in [1.29, 1.82) is 0 Å². The van der Waals surface area contributed by atoms with Crippen LogP contribution < -0.4 is 10.2 Å². The number of hydrogen-bond acceptors (Lipinski definition) is 8. The molecule has 1 fully saturated rings. The number of piperazine rings is 1. The van der Waals surface area contributed by atoms with E-state index in [-0.39, 0.29) is 47.0 Å². The zero-order valence-corrected chi connectivity index (χ0v) is 25.4. The van der Waals surface area contributed by atoms with Gasteiger partial charge in [0.25, 0.3) is 11.6 Å². The first-order valence-corrected chi connectivity index (χ1v) is 14.9. The van der Waals surface area contributed by atoms with E-state index in [1.165, 1.54) is 40.5 Å². The average molecular weight is 634 g/mol. The minimum absolute atomic E-state index is 0.0376. The van der Waals surface area contributed by atoms with Crippen LogP contribution in [0.1, 0.15) is 29.9 Å². The van der Waals surface area contributed by atoms with Crippen LogP contribution in [0.4, 0.5) is 16.5 Å². The van der Waals surface area contributed by atoms with E-state index in [1.54, 1.807) is 28.5 Å². The number of non-ortho nitro benzene ring substituents is 1. The van der Waals surface area contributed by atoms with Crippen molar-refractivity contribution in [3.8, 4) is 0 Å². The van der Waals surface area contributed by atoms with E-state index in [0.717, 1.165) is 5.69 Å². The number of amides is 3. The first-order chi connectivity index (χ1) is 20.0. The Balaban J connectivity index is 1.29. The van der Waals surface area contributed by atoms with Gasteiger partial charge in [-0.2, -0.15) is 0 Å². The highest BCUT2D eigenvalue weighted by Crippen LogP contribution is 2.24. The molecule has 1 saturated heterocycles. The van der Waals surface area contributed by atoms with Crippen LogP contribution in [-0.2, 0) is 16.0 Å². The molecule has 1 aliphatic rings. The molecule has 222 valence electrons. The number of nitro benzene ring substituents is 1. The van der Waals surface area contributed by atoms with Crippen LogP contribution in [0.15, 0.2) is 47.8 Å². The van der Waals surface area contributed by atoms with Crippen molar-refractivity contribution in [3.05, 3.63) is 79.3 Å². The van der Waals surface area contributed by atoms with Crippen LogP contribution in [0.3, 0.4) is 0 Å². The van der Waals surface area contributed by atoms with E-state index in [9.17, 15) is 24.5 Å². The smallest absolute Gasteiger partial charge is 0.269 e. The summed E-state index contributed by atoms with van der Waals surface area (Å²) in [6.07, 6.45) is 0.0942. The summed E-state index contributed by atoms with van der Waals surface area (Å²) in [5, 5.41) is 16.3. The van der Waals surface area contributed by atoms with Crippen molar-refractivity contribution >= 4 is 68.8 Å². The van der Waals surface area contributed by atoms with Crippen LogP contribution in [0.5, 0.6) is 0 Å². The molecular formula is C28H30Cl2N6O5S. The zero-order chi connectivity index (χ0) is 30.4. The summed E-state index contributed by atoms with van der Waals surface area (Å²) in [7, 11) is 0. The Labute approximate surface area is 257 Å². The van der Waals surface area contributed by atoms with Gasteiger partial charge in [0.15, 0.2) is 5.13 Å². The first kappa shape index (κ1) is 31.2. The lowest BCUT2D eigenvalue weighted by atomic mass is 10.1. The lowest BCUT2D eigenvalue weighted by Gasteiger charge is -2.36. The number of thiazole rings is 1. The van der Waals surface area contributed by atoms with E-state index in [2.05, 4.69) is 15.2 Å². The molecule has 1 aliphatic heterocycles. The third-order valence-electron chi connectivity index (χ3n) is 6.56. The van der Waals surface area contributed by atoms with Gasteiger partial charge in [-0.15, -0.1) is 11.3 Å². The van der Waals surface area contributed by atoms with E-state index < -0.39 is 10.8 Å². The van der Waals surface area contributed by atoms with Crippen molar-refractivity contribution in [3.63, 3.8) is 0 Å². The molecule has 0 unspecified atom stereocenters. The van der Waals surface area contributed by atoms with Crippen LogP contribution in [0.2, 0.25) is 10.0 Å². The topological polar surface area (TPSA) is 129 Å². The number of benzene rings is 2. The number of hydrogen-bond donors (Lipinski definition) is 1. The Kier molecular flexibility index (Phi) is 10.4. The Morgan fingerprint density at radius 2 is 1.79 bits per heavy atom. The number of carbonyl (C=O) groups excluding carboxylic acids is 3. The summed E-state index contributed by atoms with van der Waals surface area (Å²) in [6.45, 7) is 6.29. The minimum Gasteiger partial charge on any atom is -0.368 e. The second kappa shape index (κ2) is 14.0. The van der Waals surface area contributed by atoms with Gasteiger partial charge in [0.1, 0.15) is 6.54 Å². The van der Waals surface area contributed by atoms with Crippen molar-refractivity contribution in [2.24, 2.45) is 5.92 Å². The fourth-order valence-corrected chi connectivity index (χ4v) is 5.75. The van der Waals surface area contributed by atoms with Crippen molar-refractivity contribution in [1.82, 2.24) is 14.8 Å². The van der Waals surface area contributed by atoms with Gasteiger partial charge in [0.05, 0.1) is 27.6 Å². The molecule has 4 rings (SSSR count). The van der Waals surface area contributed by atoms with Crippen LogP contribution >= 0.6 is 34.5 Å². The Morgan fingerprint density at radius 1 is 1.10 bits per heavy atom. The molecule has 11 nitrogen and oxygen atoms in total. The van der Waals surface area contributed by atoms with Gasteiger partial charge in [0, 0.05) is 60.9 Å². The predicted octanol–water partition coefficient (Wildman–Crippen LogP) is 4.99. The number of halogens is 2. The summed E-state index contributed by atoms with van der Waals surface area (Å²) in [5.74, 6) is -0.750. The van der Waals surface area contributed by atoms with Gasteiger partial charge in [-0.25, -0.2) is 4.98 Å². The third-order valence-corrected chi connectivity index (χ3v) is 7.91. The molecule has 1 aromatic heterocycles. The van der Waals surface area contributed by atoms with Gasteiger partial charge >= 0.3 is 0 Å². The maximum Gasteiger partial charge on any atom is 0.269 e. The molecule has 0 saturated carbocycles. The summed E-state index contributed by atoms with van der Waals surface area (Å²) in [4.78, 5) is 59.0. The van der Waals surface area contributed by atoms with E-state index in [0.29, 0.717) is 48.6 Å². The summed E-state index contributed by atoms with van der Waals surface area (Å²) >= 11 is 13.4. The fourth-order valence-electron chi connectivity index (χ4n) is 4.54. The maximum absolute atomic E-state index is 13.2. The molecule has 1 N–H and O–H groups in total. The Hall–Kier alpha value is -3.74. The third kappa shape index (κ3) is 8.17. The number of carbonyl (C=O) groups is 3. The fraction of sp³-hybridized carbons (Fsp3) is 0.357. The number of nitrogens with one attached hydrogen (secondary N) is 1.